The number of halogens is 2. The van der Waals surface area contributed by atoms with Gasteiger partial charge in [-0.15, -0.1) is 12.4 Å². The van der Waals surface area contributed by atoms with Crippen molar-refractivity contribution in [3.8, 4) is 0 Å². The Kier molecular flexibility index (Phi) is 9.52. The summed E-state index contributed by atoms with van der Waals surface area (Å²) in [6, 6.07) is 7.41. The molecule has 1 aromatic carbocycles. The molecule has 3 N–H and O–H groups in total. The van der Waals surface area contributed by atoms with Gasteiger partial charge in [0.15, 0.2) is 0 Å². The van der Waals surface area contributed by atoms with Crippen molar-refractivity contribution in [2.75, 3.05) is 26.2 Å². The highest BCUT2D eigenvalue weighted by molar-refractivity contribution is 6.30. The molecule has 3 atom stereocenters. The van der Waals surface area contributed by atoms with E-state index in [1.165, 1.54) is 0 Å². The Morgan fingerprint density at radius 2 is 2.00 bits per heavy atom. The molecule has 0 bridgehead atoms. The number of carbonyl (C=O) groups excluding carboxylic acids is 1. The van der Waals surface area contributed by atoms with Crippen molar-refractivity contribution in [1.82, 2.24) is 10.2 Å². The first-order valence-corrected chi connectivity index (χ1v) is 9.78. The van der Waals surface area contributed by atoms with Crippen LogP contribution in [-0.4, -0.2) is 48.7 Å². The normalized spacial score (nSPS) is 20.2. The standard InChI is InChI=1S/C20H32ClN3O2.ClH/c1-5-14(2)18(22)19(25)23-12-17(15-6-8-16(21)9-7-15)24-10-11-26-20(3,4)13-24;/h6-9,14,17-18H,5,10-13,22H2,1-4H3,(H,23,25);1H. The number of ether oxygens (including phenoxy) is 1. The van der Waals surface area contributed by atoms with Crippen molar-refractivity contribution < 1.29 is 9.53 Å². The molecule has 7 heteroatoms. The van der Waals surface area contributed by atoms with Gasteiger partial charge >= 0.3 is 0 Å². The molecule has 2 rings (SSSR count). The fourth-order valence-electron chi connectivity index (χ4n) is 3.29. The van der Waals surface area contributed by atoms with Crippen LogP contribution in [-0.2, 0) is 9.53 Å². The van der Waals surface area contributed by atoms with Gasteiger partial charge < -0.3 is 15.8 Å². The predicted octanol–water partition coefficient (Wildman–Crippen LogP) is 3.40. The second-order valence-corrected chi connectivity index (χ2v) is 8.24. The second kappa shape index (κ2) is 10.6. The van der Waals surface area contributed by atoms with E-state index in [1.54, 1.807) is 0 Å². The van der Waals surface area contributed by atoms with Crippen LogP contribution in [0, 0.1) is 5.92 Å². The van der Waals surface area contributed by atoms with Gasteiger partial charge in [-0.25, -0.2) is 0 Å². The molecule has 1 saturated heterocycles. The van der Waals surface area contributed by atoms with Crippen molar-refractivity contribution in [1.29, 1.82) is 0 Å². The number of nitrogens with one attached hydrogen (secondary N) is 1. The third-order valence-corrected chi connectivity index (χ3v) is 5.43. The Morgan fingerprint density at radius 3 is 2.56 bits per heavy atom. The van der Waals surface area contributed by atoms with Crippen molar-refractivity contribution in [2.24, 2.45) is 11.7 Å². The van der Waals surface area contributed by atoms with Gasteiger partial charge in [0.2, 0.25) is 5.91 Å². The van der Waals surface area contributed by atoms with E-state index < -0.39 is 6.04 Å². The maximum atomic E-state index is 12.4. The first-order valence-electron chi connectivity index (χ1n) is 9.40. The molecule has 154 valence electrons. The monoisotopic (exact) mass is 417 g/mol. The van der Waals surface area contributed by atoms with Crippen LogP contribution in [0.1, 0.15) is 45.7 Å². The molecule has 1 amide bonds. The number of hydrogen-bond acceptors (Lipinski definition) is 4. The molecule has 3 unspecified atom stereocenters. The van der Waals surface area contributed by atoms with Crippen LogP contribution in [0.3, 0.4) is 0 Å². The van der Waals surface area contributed by atoms with E-state index >= 15 is 0 Å². The van der Waals surface area contributed by atoms with Gasteiger partial charge in [0.25, 0.3) is 0 Å². The molecule has 0 aromatic heterocycles. The van der Waals surface area contributed by atoms with Gasteiger partial charge in [-0.3, -0.25) is 9.69 Å². The molecule has 27 heavy (non-hydrogen) atoms. The minimum Gasteiger partial charge on any atom is -0.373 e. The predicted molar refractivity (Wildman–Crippen MR) is 113 cm³/mol. The average molecular weight is 418 g/mol. The molecule has 1 aliphatic heterocycles. The van der Waals surface area contributed by atoms with E-state index in [0.717, 1.165) is 25.1 Å². The zero-order valence-electron chi connectivity index (χ0n) is 16.7. The van der Waals surface area contributed by atoms with Crippen LogP contribution >= 0.6 is 24.0 Å². The van der Waals surface area contributed by atoms with Gasteiger partial charge in [-0.1, -0.05) is 44.0 Å². The Labute approximate surface area is 174 Å². The van der Waals surface area contributed by atoms with Crippen molar-refractivity contribution in [2.45, 2.75) is 51.8 Å². The van der Waals surface area contributed by atoms with Gasteiger partial charge in [0.1, 0.15) is 0 Å². The minimum atomic E-state index is -0.480. The van der Waals surface area contributed by atoms with E-state index in [4.69, 9.17) is 22.1 Å². The van der Waals surface area contributed by atoms with E-state index in [2.05, 4.69) is 24.1 Å². The number of morpholine rings is 1. The summed E-state index contributed by atoms with van der Waals surface area (Å²) < 4.78 is 5.84. The molecular weight excluding hydrogens is 385 g/mol. The number of hydrogen-bond donors (Lipinski definition) is 2. The van der Waals surface area contributed by atoms with Crippen LogP contribution in [0.25, 0.3) is 0 Å². The lowest BCUT2D eigenvalue weighted by molar-refractivity contribution is -0.124. The molecule has 1 aromatic rings. The molecule has 1 aliphatic rings. The summed E-state index contributed by atoms with van der Waals surface area (Å²) in [6.45, 7) is 11.1. The molecule has 1 fully saturated rings. The topological polar surface area (TPSA) is 67.6 Å². The largest absolute Gasteiger partial charge is 0.373 e. The summed E-state index contributed by atoms with van der Waals surface area (Å²) >= 11 is 6.05. The average Bonchev–Trinajstić information content (AvgIpc) is 2.61. The maximum absolute atomic E-state index is 12.4. The van der Waals surface area contributed by atoms with Crippen molar-refractivity contribution >= 4 is 29.9 Å². The van der Waals surface area contributed by atoms with E-state index in [9.17, 15) is 4.79 Å². The summed E-state index contributed by atoms with van der Waals surface area (Å²) in [5.41, 5.74) is 7.00. The highest BCUT2D eigenvalue weighted by Crippen LogP contribution is 2.27. The number of nitrogens with two attached hydrogens (primary N) is 1. The third-order valence-electron chi connectivity index (χ3n) is 5.18. The van der Waals surface area contributed by atoms with Crippen LogP contribution in [0.2, 0.25) is 5.02 Å². The number of benzene rings is 1. The zero-order chi connectivity index (χ0) is 19.3. The van der Waals surface area contributed by atoms with Crippen LogP contribution in [0.4, 0.5) is 0 Å². The summed E-state index contributed by atoms with van der Waals surface area (Å²) in [5.74, 6) is 0.0668. The number of carbonyl (C=O) groups is 1. The van der Waals surface area contributed by atoms with Gasteiger partial charge in [-0.2, -0.15) is 0 Å². The lowest BCUT2D eigenvalue weighted by atomic mass is 9.98. The molecule has 0 aliphatic carbocycles. The zero-order valence-corrected chi connectivity index (χ0v) is 18.3. The van der Waals surface area contributed by atoms with Crippen LogP contribution in [0.5, 0.6) is 0 Å². The van der Waals surface area contributed by atoms with Crippen LogP contribution in [0.15, 0.2) is 24.3 Å². The van der Waals surface area contributed by atoms with E-state index in [0.29, 0.717) is 18.2 Å². The van der Waals surface area contributed by atoms with E-state index in [1.807, 2.05) is 38.1 Å². The van der Waals surface area contributed by atoms with Gasteiger partial charge in [-0.05, 0) is 37.5 Å². The van der Waals surface area contributed by atoms with Crippen LogP contribution < -0.4 is 11.1 Å². The molecule has 1 heterocycles. The fraction of sp³-hybridized carbons (Fsp3) is 0.650. The molecule has 5 nitrogen and oxygen atoms in total. The number of nitrogens with zero attached hydrogens (tertiary/aromatic N) is 1. The lowest BCUT2D eigenvalue weighted by Crippen LogP contribution is -2.52. The summed E-state index contributed by atoms with van der Waals surface area (Å²) in [5, 5.41) is 3.76. The fourth-order valence-corrected chi connectivity index (χ4v) is 3.42. The number of amides is 1. The van der Waals surface area contributed by atoms with Crippen molar-refractivity contribution in [3.05, 3.63) is 34.9 Å². The highest BCUT2D eigenvalue weighted by atomic mass is 35.5. The minimum absolute atomic E-state index is 0. The highest BCUT2D eigenvalue weighted by Gasteiger charge is 2.32. The summed E-state index contributed by atoms with van der Waals surface area (Å²) in [6.07, 6.45) is 0.882. The van der Waals surface area contributed by atoms with Crippen molar-refractivity contribution in [3.63, 3.8) is 0 Å². The third kappa shape index (κ3) is 6.91. The first kappa shape index (κ1) is 24.2. The molecule has 0 spiro atoms. The summed E-state index contributed by atoms with van der Waals surface area (Å²) in [4.78, 5) is 14.8. The lowest BCUT2D eigenvalue weighted by Gasteiger charge is -2.42. The Balaban J connectivity index is 0.00000364. The second-order valence-electron chi connectivity index (χ2n) is 7.80. The smallest absolute Gasteiger partial charge is 0.237 e. The molecular formula is C20H33Cl2N3O2. The Morgan fingerprint density at radius 1 is 1.37 bits per heavy atom. The quantitative estimate of drug-likeness (QED) is 0.712. The maximum Gasteiger partial charge on any atom is 0.237 e. The van der Waals surface area contributed by atoms with Gasteiger partial charge in [0, 0.05) is 24.7 Å². The first-order chi connectivity index (χ1) is 12.2. The molecule has 0 radical (unpaired) electrons. The molecule has 0 saturated carbocycles. The Bertz CT molecular complexity index is 595. The SMILES string of the molecule is CCC(C)C(N)C(=O)NCC(c1ccc(Cl)cc1)N1CCOC(C)(C)C1.Cl. The summed E-state index contributed by atoms with van der Waals surface area (Å²) in [7, 11) is 0. The van der Waals surface area contributed by atoms with Gasteiger partial charge in [0.05, 0.1) is 24.3 Å². The Hall–Kier alpha value is -0.850. The van der Waals surface area contributed by atoms with E-state index in [-0.39, 0.29) is 35.9 Å². The number of rotatable bonds is 7.